The molecule has 1 aliphatic heterocycles. The number of hydrogen-bond acceptors (Lipinski definition) is 4. The summed E-state index contributed by atoms with van der Waals surface area (Å²) in [5.41, 5.74) is 5.30. The summed E-state index contributed by atoms with van der Waals surface area (Å²) in [6.45, 7) is 3.36. The highest BCUT2D eigenvalue weighted by atomic mass is 16.5. The molecule has 1 heterocycles. The average molecular weight is 359 g/mol. The van der Waals surface area contributed by atoms with Crippen molar-refractivity contribution in [2.45, 2.75) is 0 Å². The normalized spacial score (nSPS) is 14.6. The number of nitrogens with one attached hydrogen (secondary N) is 1. The largest absolute Gasteiger partial charge is 0.378 e. The van der Waals surface area contributed by atoms with Crippen LogP contribution in [0.25, 0.3) is 10.8 Å². The van der Waals surface area contributed by atoms with Crippen LogP contribution in [0.2, 0.25) is 0 Å². The zero-order valence-corrected chi connectivity index (χ0v) is 15.0. The van der Waals surface area contributed by atoms with E-state index in [1.165, 1.54) is 5.69 Å². The van der Waals surface area contributed by atoms with Crippen LogP contribution >= 0.6 is 0 Å². The molecule has 1 aliphatic rings. The Bertz CT molecular complexity index is 961. The summed E-state index contributed by atoms with van der Waals surface area (Å²) in [6, 6.07) is 21.7. The van der Waals surface area contributed by atoms with Gasteiger partial charge in [0.05, 0.1) is 19.4 Å². The Morgan fingerprint density at radius 3 is 2.48 bits per heavy atom. The molecule has 0 unspecified atom stereocenters. The number of hydrogen-bond donors (Lipinski definition) is 1. The van der Waals surface area contributed by atoms with Gasteiger partial charge in [0.1, 0.15) is 0 Å². The molecule has 0 spiro atoms. The van der Waals surface area contributed by atoms with Gasteiger partial charge in [0, 0.05) is 24.3 Å². The Labute approximate surface area is 158 Å². The molecule has 136 valence electrons. The van der Waals surface area contributed by atoms with Crippen LogP contribution in [0, 0.1) is 0 Å². The van der Waals surface area contributed by atoms with Crippen molar-refractivity contribution in [2.24, 2.45) is 5.10 Å². The lowest BCUT2D eigenvalue weighted by atomic mass is 10.1. The van der Waals surface area contributed by atoms with E-state index < -0.39 is 0 Å². The number of ether oxygens (including phenoxy) is 1. The van der Waals surface area contributed by atoms with Gasteiger partial charge in [0.2, 0.25) is 0 Å². The Morgan fingerprint density at radius 1 is 0.963 bits per heavy atom. The van der Waals surface area contributed by atoms with Crippen molar-refractivity contribution in [1.29, 1.82) is 0 Å². The van der Waals surface area contributed by atoms with Crippen molar-refractivity contribution in [3.63, 3.8) is 0 Å². The molecule has 1 amide bonds. The first kappa shape index (κ1) is 17.2. The Hall–Kier alpha value is -3.18. The summed E-state index contributed by atoms with van der Waals surface area (Å²) >= 11 is 0. The second-order valence-electron chi connectivity index (χ2n) is 6.45. The summed E-state index contributed by atoms with van der Waals surface area (Å²) in [7, 11) is 0. The Morgan fingerprint density at radius 2 is 1.70 bits per heavy atom. The van der Waals surface area contributed by atoms with Gasteiger partial charge in [0.15, 0.2) is 0 Å². The molecule has 0 aliphatic carbocycles. The molecule has 3 aromatic rings. The predicted molar refractivity (Wildman–Crippen MR) is 108 cm³/mol. The number of hydrazone groups is 1. The lowest BCUT2D eigenvalue weighted by Gasteiger charge is -2.28. The molecule has 1 saturated heterocycles. The van der Waals surface area contributed by atoms with Crippen LogP contribution in [0.3, 0.4) is 0 Å². The third-order valence-electron chi connectivity index (χ3n) is 4.66. The zero-order valence-electron chi connectivity index (χ0n) is 15.0. The second kappa shape index (κ2) is 8.01. The van der Waals surface area contributed by atoms with Gasteiger partial charge in [-0.25, -0.2) is 5.43 Å². The molecule has 0 saturated carbocycles. The van der Waals surface area contributed by atoms with E-state index in [0.717, 1.165) is 42.6 Å². The number of carbonyl (C=O) groups is 1. The lowest BCUT2D eigenvalue weighted by molar-refractivity contribution is 0.0955. The summed E-state index contributed by atoms with van der Waals surface area (Å²) in [4.78, 5) is 14.6. The minimum absolute atomic E-state index is 0.220. The fraction of sp³-hybridized carbons (Fsp3) is 0.182. The van der Waals surface area contributed by atoms with Crippen molar-refractivity contribution < 1.29 is 9.53 Å². The molecule has 1 N–H and O–H groups in total. The summed E-state index contributed by atoms with van der Waals surface area (Å²) in [5, 5.41) is 6.23. The van der Waals surface area contributed by atoms with Crippen LogP contribution in [-0.2, 0) is 4.74 Å². The van der Waals surface area contributed by atoms with E-state index in [1.807, 2.05) is 54.6 Å². The van der Waals surface area contributed by atoms with Crippen LogP contribution in [0.15, 0.2) is 71.8 Å². The SMILES string of the molecule is O=C(N/N=C\c1ccc(N2CCOCC2)cc1)c1ccc2ccccc2c1. The molecule has 0 aromatic heterocycles. The molecular formula is C22H21N3O2. The Kier molecular flexibility index (Phi) is 5.12. The highest BCUT2D eigenvalue weighted by molar-refractivity contribution is 5.99. The standard InChI is InChI=1S/C22H21N3O2/c26-22(20-8-7-18-3-1-2-4-19(18)15-20)24-23-16-17-5-9-21(10-6-17)25-11-13-27-14-12-25/h1-10,15-16H,11-14H2,(H,24,26)/b23-16-. The molecule has 27 heavy (non-hydrogen) atoms. The van der Waals surface area contributed by atoms with Crippen molar-refractivity contribution in [3.8, 4) is 0 Å². The lowest BCUT2D eigenvalue weighted by Crippen LogP contribution is -2.36. The maximum Gasteiger partial charge on any atom is 0.271 e. The molecule has 5 heteroatoms. The van der Waals surface area contributed by atoms with E-state index in [1.54, 1.807) is 6.21 Å². The summed E-state index contributed by atoms with van der Waals surface area (Å²) in [6.07, 6.45) is 1.65. The number of amides is 1. The minimum atomic E-state index is -0.220. The van der Waals surface area contributed by atoms with Crippen LogP contribution < -0.4 is 10.3 Å². The monoisotopic (exact) mass is 359 g/mol. The van der Waals surface area contributed by atoms with Crippen molar-refractivity contribution in [2.75, 3.05) is 31.2 Å². The first-order chi connectivity index (χ1) is 13.3. The highest BCUT2D eigenvalue weighted by Gasteiger charge is 2.10. The maximum atomic E-state index is 12.3. The maximum absolute atomic E-state index is 12.3. The Balaban J connectivity index is 1.38. The van der Waals surface area contributed by atoms with Crippen molar-refractivity contribution in [3.05, 3.63) is 77.9 Å². The van der Waals surface area contributed by atoms with Crippen molar-refractivity contribution >= 4 is 28.6 Å². The fourth-order valence-electron chi connectivity index (χ4n) is 3.15. The molecule has 0 radical (unpaired) electrons. The zero-order chi connectivity index (χ0) is 18.5. The molecule has 5 nitrogen and oxygen atoms in total. The van der Waals surface area contributed by atoms with Crippen LogP contribution in [-0.4, -0.2) is 38.4 Å². The van der Waals surface area contributed by atoms with Gasteiger partial charge < -0.3 is 9.64 Å². The average Bonchev–Trinajstić information content (AvgIpc) is 2.74. The van der Waals surface area contributed by atoms with E-state index in [-0.39, 0.29) is 5.91 Å². The summed E-state index contributed by atoms with van der Waals surface area (Å²) < 4.78 is 5.38. The van der Waals surface area contributed by atoms with E-state index >= 15 is 0 Å². The van der Waals surface area contributed by atoms with E-state index in [4.69, 9.17) is 4.74 Å². The van der Waals surface area contributed by atoms with E-state index in [0.29, 0.717) is 5.56 Å². The molecule has 0 bridgehead atoms. The third kappa shape index (κ3) is 4.15. The van der Waals surface area contributed by atoms with Gasteiger partial charge in [0.25, 0.3) is 5.91 Å². The van der Waals surface area contributed by atoms with Gasteiger partial charge in [-0.1, -0.05) is 42.5 Å². The fourth-order valence-corrected chi connectivity index (χ4v) is 3.15. The number of fused-ring (bicyclic) bond motifs is 1. The highest BCUT2D eigenvalue weighted by Crippen LogP contribution is 2.17. The van der Waals surface area contributed by atoms with Crippen LogP contribution in [0.1, 0.15) is 15.9 Å². The second-order valence-corrected chi connectivity index (χ2v) is 6.45. The number of rotatable bonds is 4. The van der Waals surface area contributed by atoms with E-state index in [2.05, 4.69) is 27.6 Å². The third-order valence-corrected chi connectivity index (χ3v) is 4.66. The van der Waals surface area contributed by atoms with Crippen molar-refractivity contribution in [1.82, 2.24) is 5.43 Å². The topological polar surface area (TPSA) is 53.9 Å². The quantitative estimate of drug-likeness (QED) is 0.573. The number of benzene rings is 3. The van der Waals surface area contributed by atoms with Gasteiger partial charge in [-0.2, -0.15) is 5.10 Å². The molecule has 4 rings (SSSR count). The molecule has 1 fully saturated rings. The number of morpholine rings is 1. The number of carbonyl (C=O) groups excluding carboxylic acids is 1. The molecular weight excluding hydrogens is 338 g/mol. The van der Waals surface area contributed by atoms with Crippen LogP contribution in [0.4, 0.5) is 5.69 Å². The predicted octanol–water partition coefficient (Wildman–Crippen LogP) is 3.44. The van der Waals surface area contributed by atoms with Gasteiger partial charge >= 0.3 is 0 Å². The summed E-state index contributed by atoms with van der Waals surface area (Å²) in [5.74, 6) is -0.220. The molecule has 0 atom stereocenters. The number of anilines is 1. The first-order valence-corrected chi connectivity index (χ1v) is 9.04. The van der Waals surface area contributed by atoms with Gasteiger partial charge in [-0.05, 0) is 40.6 Å². The smallest absolute Gasteiger partial charge is 0.271 e. The van der Waals surface area contributed by atoms with E-state index in [9.17, 15) is 4.79 Å². The van der Waals surface area contributed by atoms with Gasteiger partial charge in [-0.3, -0.25) is 4.79 Å². The molecule has 3 aromatic carbocycles. The van der Waals surface area contributed by atoms with Gasteiger partial charge in [-0.15, -0.1) is 0 Å². The first-order valence-electron chi connectivity index (χ1n) is 9.04. The number of nitrogens with zero attached hydrogens (tertiary/aromatic N) is 2. The minimum Gasteiger partial charge on any atom is -0.378 e. The van der Waals surface area contributed by atoms with Crippen LogP contribution in [0.5, 0.6) is 0 Å².